The number of benzene rings is 1. The first kappa shape index (κ1) is 16.3. The van der Waals surface area contributed by atoms with Crippen LogP contribution >= 0.6 is 0 Å². The van der Waals surface area contributed by atoms with Crippen LogP contribution < -0.4 is 10.6 Å². The largest absolute Gasteiger partial charge is 0.441 e. The highest BCUT2D eigenvalue weighted by molar-refractivity contribution is 5.91. The average molecular weight is 305 g/mol. The summed E-state index contributed by atoms with van der Waals surface area (Å²) in [6.45, 7) is 6.04. The fourth-order valence-electron chi connectivity index (χ4n) is 2.25. The lowest BCUT2D eigenvalue weighted by molar-refractivity contribution is 0.227. The van der Waals surface area contributed by atoms with Crippen LogP contribution in [0.3, 0.4) is 0 Å². The van der Waals surface area contributed by atoms with Gasteiger partial charge in [-0.25, -0.2) is 9.78 Å². The maximum Gasteiger partial charge on any atom is 0.319 e. The summed E-state index contributed by atoms with van der Waals surface area (Å²) in [5, 5.41) is 14.7. The topological polar surface area (TPSA) is 87.4 Å². The Morgan fingerprint density at radius 3 is 2.82 bits per heavy atom. The molecular formula is C16H23N3O3. The highest BCUT2D eigenvalue weighted by atomic mass is 16.3. The summed E-state index contributed by atoms with van der Waals surface area (Å²) >= 11 is 0. The number of aliphatic hydroxyl groups excluding tert-OH is 1. The van der Waals surface area contributed by atoms with Gasteiger partial charge in [0.2, 0.25) is 0 Å². The van der Waals surface area contributed by atoms with Crippen LogP contribution in [-0.4, -0.2) is 28.8 Å². The number of aryl methyl sites for hydroxylation is 1. The summed E-state index contributed by atoms with van der Waals surface area (Å²) in [6, 6.07) is 5.01. The summed E-state index contributed by atoms with van der Waals surface area (Å²) in [5.41, 5.74) is 2.10. The van der Waals surface area contributed by atoms with Gasteiger partial charge in [-0.15, -0.1) is 0 Å². The van der Waals surface area contributed by atoms with Crippen LogP contribution in [-0.2, 0) is 6.42 Å². The fraction of sp³-hybridized carbons (Fsp3) is 0.500. The summed E-state index contributed by atoms with van der Waals surface area (Å²) < 4.78 is 5.54. The molecule has 3 N–H and O–H groups in total. The van der Waals surface area contributed by atoms with Crippen molar-refractivity contribution in [2.45, 2.75) is 39.7 Å². The minimum Gasteiger partial charge on any atom is -0.441 e. The maximum atomic E-state index is 12.1. The van der Waals surface area contributed by atoms with Crippen molar-refractivity contribution in [1.29, 1.82) is 0 Å². The van der Waals surface area contributed by atoms with Gasteiger partial charge in [0.15, 0.2) is 11.5 Å². The highest BCUT2D eigenvalue weighted by Crippen LogP contribution is 2.20. The van der Waals surface area contributed by atoms with Crippen LogP contribution in [0.5, 0.6) is 0 Å². The second-order valence-electron chi connectivity index (χ2n) is 5.60. The predicted octanol–water partition coefficient (Wildman–Crippen LogP) is 2.92. The van der Waals surface area contributed by atoms with Gasteiger partial charge < -0.3 is 20.2 Å². The number of hydrogen-bond acceptors (Lipinski definition) is 4. The minimum absolute atomic E-state index is 0.0494. The molecule has 0 saturated carbocycles. The second-order valence-corrected chi connectivity index (χ2v) is 5.60. The normalized spacial score (nSPS) is 12.6. The Morgan fingerprint density at radius 1 is 1.41 bits per heavy atom. The molecule has 1 atom stereocenters. The van der Waals surface area contributed by atoms with E-state index < -0.39 is 0 Å². The first-order chi connectivity index (χ1) is 10.5. The van der Waals surface area contributed by atoms with Crippen molar-refractivity contribution in [3.05, 3.63) is 24.1 Å². The van der Waals surface area contributed by atoms with E-state index >= 15 is 0 Å². The number of carbonyl (C=O) groups excluding carboxylic acids is 1. The lowest BCUT2D eigenvalue weighted by atomic mass is 10.0. The molecular weight excluding hydrogens is 282 g/mol. The lowest BCUT2D eigenvalue weighted by Gasteiger charge is -2.21. The first-order valence-corrected chi connectivity index (χ1v) is 7.61. The Hall–Kier alpha value is -2.08. The summed E-state index contributed by atoms with van der Waals surface area (Å²) in [5.74, 6) is 0.933. The molecule has 0 aliphatic heterocycles. The van der Waals surface area contributed by atoms with Crippen molar-refractivity contribution in [2.24, 2.45) is 5.92 Å². The molecule has 2 amide bonds. The molecule has 0 aliphatic rings. The monoisotopic (exact) mass is 305 g/mol. The van der Waals surface area contributed by atoms with Crippen molar-refractivity contribution < 1.29 is 14.3 Å². The lowest BCUT2D eigenvalue weighted by Crippen LogP contribution is -2.41. The quantitative estimate of drug-likeness (QED) is 0.765. The Labute approximate surface area is 129 Å². The van der Waals surface area contributed by atoms with E-state index in [2.05, 4.69) is 15.6 Å². The molecule has 22 heavy (non-hydrogen) atoms. The van der Waals surface area contributed by atoms with E-state index in [-0.39, 0.29) is 24.6 Å². The molecule has 0 fully saturated rings. The van der Waals surface area contributed by atoms with Crippen LogP contribution in [0.1, 0.15) is 33.1 Å². The van der Waals surface area contributed by atoms with Crippen molar-refractivity contribution in [2.75, 3.05) is 11.9 Å². The van der Waals surface area contributed by atoms with Crippen LogP contribution in [0.4, 0.5) is 10.5 Å². The smallest absolute Gasteiger partial charge is 0.319 e. The van der Waals surface area contributed by atoms with Gasteiger partial charge in [-0.3, -0.25) is 0 Å². The van der Waals surface area contributed by atoms with Crippen LogP contribution in [0.15, 0.2) is 22.6 Å². The number of carbonyl (C=O) groups is 1. The van der Waals surface area contributed by atoms with Crippen molar-refractivity contribution in [3.63, 3.8) is 0 Å². The van der Waals surface area contributed by atoms with Crippen LogP contribution in [0, 0.1) is 5.92 Å². The number of nitrogens with zero attached hydrogens (tertiary/aromatic N) is 1. The van der Waals surface area contributed by atoms with Crippen molar-refractivity contribution >= 4 is 22.8 Å². The molecule has 0 unspecified atom stereocenters. The van der Waals surface area contributed by atoms with E-state index in [1.54, 1.807) is 18.2 Å². The standard InChI is InChI=1S/C16H23N3O3/c1-4-15-18-13-9-11(5-6-14(13)22-15)17-16(21)19-12(7-8-20)10(2)3/h5-6,9-10,12,20H,4,7-8H2,1-3H3,(H2,17,19,21)/t12-/m0/s1. The van der Waals surface area contributed by atoms with E-state index in [4.69, 9.17) is 9.52 Å². The van der Waals surface area contributed by atoms with Gasteiger partial charge in [-0.1, -0.05) is 20.8 Å². The first-order valence-electron chi connectivity index (χ1n) is 7.61. The molecule has 2 rings (SSSR count). The third-order valence-corrected chi connectivity index (χ3v) is 3.55. The predicted molar refractivity (Wildman–Crippen MR) is 85.9 cm³/mol. The number of fused-ring (bicyclic) bond motifs is 1. The van der Waals surface area contributed by atoms with Crippen LogP contribution in [0.25, 0.3) is 11.1 Å². The number of amides is 2. The molecule has 0 spiro atoms. The van der Waals surface area contributed by atoms with Crippen molar-refractivity contribution in [1.82, 2.24) is 10.3 Å². The summed E-state index contributed by atoms with van der Waals surface area (Å²) in [4.78, 5) is 16.4. The summed E-state index contributed by atoms with van der Waals surface area (Å²) in [7, 11) is 0. The van der Waals surface area contributed by atoms with E-state index in [0.717, 1.165) is 11.9 Å². The SMILES string of the molecule is CCc1nc2cc(NC(=O)N[C@@H](CCO)C(C)C)ccc2o1. The summed E-state index contributed by atoms with van der Waals surface area (Å²) in [6.07, 6.45) is 1.27. The van der Waals surface area contributed by atoms with E-state index in [9.17, 15) is 4.79 Å². The Morgan fingerprint density at radius 2 is 2.18 bits per heavy atom. The number of hydrogen-bond donors (Lipinski definition) is 3. The zero-order chi connectivity index (χ0) is 16.1. The molecule has 1 aromatic carbocycles. The van der Waals surface area contributed by atoms with Crippen LogP contribution in [0.2, 0.25) is 0 Å². The molecule has 0 saturated heterocycles. The molecule has 2 aromatic rings. The van der Waals surface area contributed by atoms with Gasteiger partial charge in [-0.2, -0.15) is 0 Å². The molecule has 1 aromatic heterocycles. The third kappa shape index (κ3) is 3.98. The molecule has 0 radical (unpaired) electrons. The van der Waals surface area contributed by atoms with Gasteiger partial charge in [-0.05, 0) is 30.5 Å². The number of rotatable bonds is 6. The van der Waals surface area contributed by atoms with Gasteiger partial charge >= 0.3 is 6.03 Å². The maximum absolute atomic E-state index is 12.1. The Kier molecular flexibility index (Phi) is 5.38. The van der Waals surface area contributed by atoms with E-state index in [1.165, 1.54) is 0 Å². The molecule has 0 bridgehead atoms. The third-order valence-electron chi connectivity index (χ3n) is 3.55. The van der Waals surface area contributed by atoms with Gasteiger partial charge in [0.05, 0.1) is 0 Å². The second kappa shape index (κ2) is 7.26. The molecule has 120 valence electrons. The van der Waals surface area contributed by atoms with E-state index in [1.807, 2.05) is 20.8 Å². The molecule has 6 nitrogen and oxygen atoms in total. The zero-order valence-corrected chi connectivity index (χ0v) is 13.2. The number of aliphatic hydroxyl groups is 1. The number of anilines is 1. The Balaban J connectivity index is 2.04. The minimum atomic E-state index is -0.286. The molecule has 1 heterocycles. The highest BCUT2D eigenvalue weighted by Gasteiger charge is 2.16. The fourth-order valence-corrected chi connectivity index (χ4v) is 2.25. The number of urea groups is 1. The zero-order valence-electron chi connectivity index (χ0n) is 13.2. The number of oxazole rings is 1. The number of aromatic nitrogens is 1. The number of nitrogens with one attached hydrogen (secondary N) is 2. The van der Waals surface area contributed by atoms with Crippen molar-refractivity contribution in [3.8, 4) is 0 Å². The molecule has 6 heteroatoms. The van der Waals surface area contributed by atoms with E-state index in [0.29, 0.717) is 23.6 Å². The van der Waals surface area contributed by atoms with Gasteiger partial charge in [0, 0.05) is 24.8 Å². The Bertz CT molecular complexity index is 637. The van der Waals surface area contributed by atoms with Gasteiger partial charge in [0.1, 0.15) is 5.52 Å². The molecule has 0 aliphatic carbocycles. The average Bonchev–Trinajstić information content (AvgIpc) is 2.89. The van der Waals surface area contributed by atoms with Gasteiger partial charge in [0.25, 0.3) is 0 Å².